The van der Waals surface area contributed by atoms with Crippen molar-refractivity contribution in [1.82, 2.24) is 0 Å². The van der Waals surface area contributed by atoms with Crippen LogP contribution in [0.1, 0.15) is 16.7 Å². The van der Waals surface area contributed by atoms with Crippen LogP contribution in [-0.4, -0.2) is 0 Å². The molecule has 0 saturated heterocycles. The van der Waals surface area contributed by atoms with E-state index >= 15 is 0 Å². The first-order valence-electron chi connectivity index (χ1n) is 7.73. The first kappa shape index (κ1) is 18.1. The Hall–Kier alpha value is -1.29. The fourth-order valence-corrected chi connectivity index (χ4v) is 6.09. The van der Waals surface area contributed by atoms with Gasteiger partial charge in [0.25, 0.3) is 0 Å². The van der Waals surface area contributed by atoms with Gasteiger partial charge in [-0.15, -0.1) is 0 Å². The maximum absolute atomic E-state index is 2.31. The molecule has 2 heteroatoms. The van der Waals surface area contributed by atoms with Crippen LogP contribution >= 0.6 is 7.92 Å². The van der Waals surface area contributed by atoms with Gasteiger partial charge in [-0.25, -0.2) is 0 Å². The molecule has 0 radical (unpaired) electrons. The Kier molecular flexibility index (Phi) is 6.28. The minimum atomic E-state index is -0.968. The summed E-state index contributed by atoms with van der Waals surface area (Å²) in [5.74, 6) is 0. The van der Waals surface area contributed by atoms with E-state index in [0.717, 1.165) is 0 Å². The Morgan fingerprint density at radius 3 is 1.00 bits per heavy atom. The molecule has 3 aromatic rings. The molecule has 0 N–H and O–H groups in total. The molecule has 0 aliphatic rings. The van der Waals surface area contributed by atoms with Crippen molar-refractivity contribution in [2.24, 2.45) is 0 Å². The molecule has 23 heavy (non-hydrogen) atoms. The summed E-state index contributed by atoms with van der Waals surface area (Å²) in [5.41, 5.74) is 4.17. The minimum absolute atomic E-state index is 0. The third-order valence-corrected chi connectivity index (χ3v) is 7.54. The van der Waals surface area contributed by atoms with Gasteiger partial charge in [0.2, 0.25) is 0 Å². The minimum Gasteiger partial charge on any atom is -0.0617 e. The van der Waals surface area contributed by atoms with Crippen LogP contribution in [0, 0.1) is 20.8 Å². The quantitative estimate of drug-likeness (QED) is 0.454. The summed E-state index contributed by atoms with van der Waals surface area (Å²) in [5, 5.41) is 4.49. The molecule has 0 saturated carbocycles. The summed E-state index contributed by atoms with van der Waals surface area (Å²) < 4.78 is 0. The van der Waals surface area contributed by atoms with Crippen molar-refractivity contribution in [2.75, 3.05) is 0 Å². The molecule has 0 atom stereocenters. The third kappa shape index (κ3) is 3.80. The predicted octanol–water partition coefficient (Wildman–Crippen LogP) is 4.10. The Morgan fingerprint density at radius 2 is 0.739 bits per heavy atom. The molecule has 0 unspecified atom stereocenters. The second-order valence-corrected chi connectivity index (χ2v) is 8.19. The molecular weight excluding hydrogens is 384 g/mol. The fraction of sp³-hybridized carbons (Fsp3) is 0.143. The van der Waals surface area contributed by atoms with Gasteiger partial charge >= 0.3 is 0 Å². The monoisotopic (exact) mass is 407 g/mol. The van der Waals surface area contributed by atoms with Crippen molar-refractivity contribution >= 4 is 23.8 Å². The van der Waals surface area contributed by atoms with E-state index in [-0.39, 0.29) is 19.5 Å². The van der Waals surface area contributed by atoms with E-state index in [2.05, 4.69) is 93.6 Å². The van der Waals surface area contributed by atoms with Crippen molar-refractivity contribution in [3.8, 4) is 0 Å². The van der Waals surface area contributed by atoms with Gasteiger partial charge in [-0.05, 0) is 55.7 Å². The molecule has 0 spiro atoms. The van der Waals surface area contributed by atoms with Gasteiger partial charge in [0.15, 0.2) is 0 Å². The second-order valence-electron chi connectivity index (χ2n) is 5.82. The van der Waals surface area contributed by atoms with Crippen LogP contribution in [0.3, 0.4) is 0 Å². The van der Waals surface area contributed by atoms with Crippen molar-refractivity contribution in [2.45, 2.75) is 20.8 Å². The van der Waals surface area contributed by atoms with E-state index in [1.165, 1.54) is 32.6 Å². The molecule has 0 amide bonds. The Labute approximate surface area is 153 Å². The van der Waals surface area contributed by atoms with Gasteiger partial charge in [-0.2, -0.15) is 0 Å². The molecule has 0 fully saturated rings. The fourth-order valence-electron chi connectivity index (χ4n) is 3.00. The normalized spacial score (nSPS) is 10.4. The van der Waals surface area contributed by atoms with Gasteiger partial charge in [-0.1, -0.05) is 54.6 Å². The van der Waals surface area contributed by atoms with E-state index in [0.29, 0.717) is 0 Å². The number of hydrogen-bond acceptors (Lipinski definition) is 0. The molecule has 0 nitrogen and oxygen atoms in total. The summed E-state index contributed by atoms with van der Waals surface area (Å²) >= 11 is 0. The van der Waals surface area contributed by atoms with Crippen LogP contribution in [0.15, 0.2) is 72.8 Å². The number of rotatable bonds is 3. The largest absolute Gasteiger partial charge is 0.105 e. The maximum Gasteiger partial charge on any atom is 0.105 e. The molecule has 0 aliphatic carbocycles. The van der Waals surface area contributed by atoms with Crippen molar-refractivity contribution in [3.63, 3.8) is 0 Å². The van der Waals surface area contributed by atoms with Gasteiger partial charge in [0.05, 0.1) is 7.92 Å². The number of benzene rings is 3. The van der Waals surface area contributed by atoms with Crippen molar-refractivity contribution < 1.29 is 19.5 Å². The first-order chi connectivity index (χ1) is 10.7. The summed E-state index contributed by atoms with van der Waals surface area (Å²) in [6.07, 6.45) is 0. The summed E-state index contributed by atoms with van der Waals surface area (Å²) in [4.78, 5) is 0. The van der Waals surface area contributed by atoms with E-state index in [1.807, 2.05) is 0 Å². The van der Waals surface area contributed by atoms with Crippen LogP contribution < -0.4 is 15.9 Å². The van der Waals surface area contributed by atoms with Crippen LogP contribution in [0.4, 0.5) is 0 Å². The molecular formula is C21H22PRu+. The number of hydrogen-bond donors (Lipinski definition) is 0. The molecule has 0 heterocycles. The first-order valence-corrected chi connectivity index (χ1v) is 9.23. The van der Waals surface area contributed by atoms with Crippen molar-refractivity contribution in [3.05, 3.63) is 89.5 Å². The second kappa shape index (κ2) is 8.00. The Morgan fingerprint density at radius 1 is 0.478 bits per heavy atom. The topological polar surface area (TPSA) is 0 Å². The zero-order chi connectivity index (χ0) is 15.5. The third-order valence-electron chi connectivity index (χ3n) is 4.24. The van der Waals surface area contributed by atoms with Gasteiger partial charge in [0, 0.05) is 19.5 Å². The standard InChI is InChI=1S/C21H21P.Ru/c1-16-10-4-7-13-19(16)22(20-14-8-5-11-17(20)2)21-15-9-6-12-18(21)3;/h4-15H,1-3H3;/p+1. The zero-order valence-electron chi connectivity index (χ0n) is 13.8. The van der Waals surface area contributed by atoms with Crippen LogP contribution in [0.5, 0.6) is 0 Å². The molecule has 118 valence electrons. The maximum atomic E-state index is 2.31. The van der Waals surface area contributed by atoms with E-state index in [4.69, 9.17) is 0 Å². The summed E-state index contributed by atoms with van der Waals surface area (Å²) in [6, 6.07) is 26.5. The molecule has 0 aromatic heterocycles. The van der Waals surface area contributed by atoms with Gasteiger partial charge in [0.1, 0.15) is 15.9 Å². The Balaban J connectivity index is 0.00000192. The average Bonchev–Trinajstić information content (AvgIpc) is 2.53. The molecule has 0 bridgehead atoms. The average molecular weight is 406 g/mol. The van der Waals surface area contributed by atoms with Gasteiger partial charge in [-0.3, -0.25) is 0 Å². The number of aryl methyl sites for hydroxylation is 3. The summed E-state index contributed by atoms with van der Waals surface area (Å²) in [7, 11) is -0.968. The molecule has 0 aliphatic heterocycles. The van der Waals surface area contributed by atoms with E-state index in [1.54, 1.807) is 0 Å². The van der Waals surface area contributed by atoms with Crippen molar-refractivity contribution in [1.29, 1.82) is 0 Å². The smallest absolute Gasteiger partial charge is 0.0617 e. The van der Waals surface area contributed by atoms with E-state index < -0.39 is 7.92 Å². The van der Waals surface area contributed by atoms with Gasteiger partial charge < -0.3 is 0 Å². The molecule has 3 rings (SSSR count). The Bertz CT molecular complexity index is 687. The zero-order valence-corrected chi connectivity index (χ0v) is 16.5. The van der Waals surface area contributed by atoms with Crippen LogP contribution in [0.2, 0.25) is 0 Å². The summed E-state index contributed by atoms with van der Waals surface area (Å²) in [6.45, 7) is 6.70. The van der Waals surface area contributed by atoms with Crippen LogP contribution in [-0.2, 0) is 19.5 Å². The SMILES string of the molecule is Cc1ccccc1[PH+](c1ccccc1C)c1ccccc1C.[Ru]. The van der Waals surface area contributed by atoms with E-state index in [9.17, 15) is 0 Å². The van der Waals surface area contributed by atoms with Crippen LogP contribution in [0.25, 0.3) is 0 Å². The predicted molar refractivity (Wildman–Crippen MR) is 101 cm³/mol. The molecule has 3 aromatic carbocycles.